The Morgan fingerprint density at radius 2 is 2.50 bits per heavy atom. The van der Waals surface area contributed by atoms with E-state index in [1.807, 2.05) is 18.2 Å². The summed E-state index contributed by atoms with van der Waals surface area (Å²) in [6.07, 6.45) is 6.68. The van der Waals surface area contributed by atoms with E-state index in [1.165, 1.54) is 0 Å². The van der Waals surface area contributed by atoms with E-state index in [2.05, 4.69) is 22.6 Å². The maximum atomic E-state index is 5.79. The first-order valence-corrected chi connectivity index (χ1v) is 4.13. The SMILES string of the molecule is COC1=CCC(N)(I)C=C1. The van der Waals surface area contributed by atoms with Crippen LogP contribution in [0.25, 0.3) is 0 Å². The smallest absolute Gasteiger partial charge is 0.114 e. The molecule has 0 radical (unpaired) electrons. The lowest BCUT2D eigenvalue weighted by molar-refractivity contribution is 0.302. The van der Waals surface area contributed by atoms with Crippen LogP contribution in [0.1, 0.15) is 6.42 Å². The molecule has 0 saturated carbocycles. The molecule has 1 aliphatic carbocycles. The number of methoxy groups -OCH3 is 1. The van der Waals surface area contributed by atoms with E-state index >= 15 is 0 Å². The van der Waals surface area contributed by atoms with Crippen molar-refractivity contribution in [3.05, 3.63) is 24.0 Å². The lowest BCUT2D eigenvalue weighted by atomic mass is 10.1. The predicted molar refractivity (Wildman–Crippen MR) is 49.8 cm³/mol. The maximum Gasteiger partial charge on any atom is 0.114 e. The minimum Gasteiger partial charge on any atom is -0.497 e. The van der Waals surface area contributed by atoms with Crippen LogP contribution in [0.4, 0.5) is 0 Å². The molecule has 1 atom stereocenters. The van der Waals surface area contributed by atoms with Crippen molar-refractivity contribution < 1.29 is 4.74 Å². The quantitative estimate of drug-likeness (QED) is 0.436. The molecule has 2 N–H and O–H groups in total. The van der Waals surface area contributed by atoms with Gasteiger partial charge in [-0.05, 0) is 12.2 Å². The minimum absolute atomic E-state index is 0.209. The van der Waals surface area contributed by atoms with Gasteiger partial charge < -0.3 is 10.5 Å². The highest BCUT2D eigenvalue weighted by atomic mass is 127. The van der Waals surface area contributed by atoms with Crippen LogP contribution in [0.5, 0.6) is 0 Å². The van der Waals surface area contributed by atoms with E-state index in [9.17, 15) is 0 Å². The maximum absolute atomic E-state index is 5.79. The third-order valence-corrected chi connectivity index (χ3v) is 2.18. The summed E-state index contributed by atoms with van der Waals surface area (Å²) < 4.78 is 4.79. The van der Waals surface area contributed by atoms with E-state index in [0.717, 1.165) is 12.2 Å². The fraction of sp³-hybridized carbons (Fsp3) is 0.429. The van der Waals surface area contributed by atoms with Gasteiger partial charge in [0, 0.05) is 6.42 Å². The molecular weight excluding hydrogens is 241 g/mol. The normalized spacial score (nSPS) is 31.7. The highest BCUT2D eigenvalue weighted by molar-refractivity contribution is 14.1. The Balaban J connectivity index is 2.63. The Kier molecular flexibility index (Phi) is 2.36. The van der Waals surface area contributed by atoms with Gasteiger partial charge in [0.2, 0.25) is 0 Å². The van der Waals surface area contributed by atoms with Crippen LogP contribution < -0.4 is 5.73 Å². The van der Waals surface area contributed by atoms with Crippen LogP contribution in [0, 0.1) is 0 Å². The summed E-state index contributed by atoms with van der Waals surface area (Å²) in [6.45, 7) is 0. The van der Waals surface area contributed by atoms with Crippen LogP contribution in [-0.4, -0.2) is 10.7 Å². The van der Waals surface area contributed by atoms with Crippen molar-refractivity contribution in [3.8, 4) is 0 Å². The lowest BCUT2D eigenvalue weighted by Gasteiger charge is -2.19. The summed E-state index contributed by atoms with van der Waals surface area (Å²) in [6, 6.07) is 0. The van der Waals surface area contributed by atoms with Gasteiger partial charge in [0.15, 0.2) is 0 Å². The minimum atomic E-state index is -0.209. The van der Waals surface area contributed by atoms with E-state index in [0.29, 0.717) is 0 Å². The van der Waals surface area contributed by atoms with Crippen molar-refractivity contribution in [2.45, 2.75) is 9.97 Å². The third-order valence-electron chi connectivity index (χ3n) is 1.38. The molecule has 56 valence electrons. The number of hydrogen-bond donors (Lipinski definition) is 1. The number of rotatable bonds is 1. The van der Waals surface area contributed by atoms with E-state index in [1.54, 1.807) is 7.11 Å². The average molecular weight is 251 g/mol. The fourth-order valence-electron chi connectivity index (χ4n) is 0.765. The molecule has 0 aromatic carbocycles. The summed E-state index contributed by atoms with van der Waals surface area (Å²) in [5.74, 6) is 0.901. The number of hydrogen-bond acceptors (Lipinski definition) is 2. The van der Waals surface area contributed by atoms with Gasteiger partial charge >= 0.3 is 0 Å². The zero-order chi connectivity index (χ0) is 7.61. The highest BCUT2D eigenvalue weighted by Crippen LogP contribution is 2.24. The van der Waals surface area contributed by atoms with Gasteiger partial charge in [-0.25, -0.2) is 0 Å². The van der Waals surface area contributed by atoms with Crippen LogP contribution in [0.2, 0.25) is 0 Å². The van der Waals surface area contributed by atoms with Crippen molar-refractivity contribution in [2.24, 2.45) is 5.73 Å². The van der Waals surface area contributed by atoms with E-state index < -0.39 is 0 Å². The molecule has 0 heterocycles. The fourth-order valence-corrected chi connectivity index (χ4v) is 1.17. The molecule has 2 nitrogen and oxygen atoms in total. The van der Waals surface area contributed by atoms with Gasteiger partial charge in [-0.1, -0.05) is 28.7 Å². The predicted octanol–water partition coefficient (Wildman–Crippen LogP) is 1.57. The molecule has 0 aromatic heterocycles. The number of nitrogens with two attached hydrogens (primary N) is 1. The second-order valence-corrected chi connectivity index (χ2v) is 4.28. The van der Waals surface area contributed by atoms with Gasteiger partial charge in [0.05, 0.1) is 10.7 Å². The van der Waals surface area contributed by atoms with Gasteiger partial charge in [-0.15, -0.1) is 0 Å². The molecule has 0 bridgehead atoms. The van der Waals surface area contributed by atoms with Gasteiger partial charge in [0.1, 0.15) is 5.76 Å². The largest absolute Gasteiger partial charge is 0.497 e. The monoisotopic (exact) mass is 251 g/mol. The first kappa shape index (κ1) is 8.07. The van der Waals surface area contributed by atoms with Crippen LogP contribution in [0.3, 0.4) is 0 Å². The second kappa shape index (κ2) is 2.92. The first-order valence-electron chi connectivity index (χ1n) is 3.05. The topological polar surface area (TPSA) is 35.2 Å². The molecule has 10 heavy (non-hydrogen) atoms. The third kappa shape index (κ3) is 1.98. The lowest BCUT2D eigenvalue weighted by Crippen LogP contribution is -2.30. The van der Waals surface area contributed by atoms with E-state index in [-0.39, 0.29) is 3.55 Å². The Hall–Kier alpha value is -0.0300. The summed E-state index contributed by atoms with van der Waals surface area (Å²) in [4.78, 5) is 0. The van der Waals surface area contributed by atoms with Crippen molar-refractivity contribution in [2.75, 3.05) is 7.11 Å². The van der Waals surface area contributed by atoms with Gasteiger partial charge in [-0.2, -0.15) is 0 Å². The van der Waals surface area contributed by atoms with Crippen LogP contribution >= 0.6 is 22.6 Å². The molecular formula is C7H10INO. The number of alkyl halides is 1. The molecule has 0 fully saturated rings. The van der Waals surface area contributed by atoms with Crippen molar-refractivity contribution in [3.63, 3.8) is 0 Å². The second-order valence-electron chi connectivity index (χ2n) is 2.27. The Bertz CT molecular complexity index is 184. The molecule has 3 heteroatoms. The Morgan fingerprint density at radius 3 is 2.90 bits per heavy atom. The summed E-state index contributed by atoms with van der Waals surface area (Å²) >= 11 is 2.21. The molecule has 0 amide bonds. The van der Waals surface area contributed by atoms with Crippen molar-refractivity contribution in [1.29, 1.82) is 0 Å². The molecule has 0 aliphatic heterocycles. The van der Waals surface area contributed by atoms with Gasteiger partial charge in [0.25, 0.3) is 0 Å². The number of ether oxygens (including phenoxy) is 1. The van der Waals surface area contributed by atoms with Crippen LogP contribution in [-0.2, 0) is 4.74 Å². The summed E-state index contributed by atoms with van der Waals surface area (Å²) in [5.41, 5.74) is 5.79. The Morgan fingerprint density at radius 1 is 1.80 bits per heavy atom. The highest BCUT2D eigenvalue weighted by Gasteiger charge is 2.18. The van der Waals surface area contributed by atoms with Crippen LogP contribution in [0.15, 0.2) is 24.0 Å². The average Bonchev–Trinajstić information content (AvgIpc) is 1.88. The summed E-state index contributed by atoms with van der Waals surface area (Å²) in [7, 11) is 1.66. The molecule has 1 unspecified atom stereocenters. The number of halogens is 1. The number of allylic oxidation sites excluding steroid dienone is 1. The molecule has 0 spiro atoms. The van der Waals surface area contributed by atoms with Crippen molar-refractivity contribution in [1.82, 2.24) is 0 Å². The Labute approximate surface area is 74.3 Å². The van der Waals surface area contributed by atoms with Crippen molar-refractivity contribution >= 4 is 22.6 Å². The summed E-state index contributed by atoms with van der Waals surface area (Å²) in [5, 5.41) is 0. The van der Waals surface area contributed by atoms with E-state index in [4.69, 9.17) is 10.5 Å². The zero-order valence-corrected chi connectivity index (χ0v) is 7.96. The first-order chi connectivity index (χ1) is 4.64. The molecule has 1 aliphatic rings. The zero-order valence-electron chi connectivity index (χ0n) is 5.80. The molecule has 0 aromatic rings. The standard InChI is InChI=1S/C7H10INO/c1-10-6-2-4-7(8,9)5-3-6/h2-4H,5,9H2,1H3. The van der Waals surface area contributed by atoms with Gasteiger partial charge in [-0.3, -0.25) is 0 Å². The molecule has 0 saturated heterocycles. The molecule has 1 rings (SSSR count).